The Morgan fingerprint density at radius 1 is 0.950 bits per heavy atom. The van der Waals surface area contributed by atoms with Crippen LogP contribution in [0.1, 0.15) is 25.7 Å². The maximum atomic E-state index is 9.98. The topological polar surface area (TPSA) is 38.7 Å². The van der Waals surface area contributed by atoms with Crippen LogP contribution in [0.15, 0.2) is 36.4 Å². The fourth-order valence-electron chi connectivity index (χ4n) is 2.79. The largest absolute Gasteiger partial charge is 0.497 e. The molecular weight excluding hydrogens is 252 g/mol. The van der Waals surface area contributed by atoms with Gasteiger partial charge < -0.3 is 14.6 Å². The summed E-state index contributed by atoms with van der Waals surface area (Å²) >= 11 is 0. The van der Waals surface area contributed by atoms with Gasteiger partial charge in [0.25, 0.3) is 0 Å². The van der Waals surface area contributed by atoms with E-state index in [9.17, 15) is 5.11 Å². The molecule has 2 aromatic rings. The molecule has 2 aromatic carbocycles. The zero-order valence-electron chi connectivity index (χ0n) is 11.7. The highest BCUT2D eigenvalue weighted by Crippen LogP contribution is 2.28. The van der Waals surface area contributed by atoms with Crippen molar-refractivity contribution in [3.63, 3.8) is 0 Å². The number of fused-ring (bicyclic) bond motifs is 1. The van der Waals surface area contributed by atoms with Crippen molar-refractivity contribution in [2.45, 2.75) is 37.9 Å². The molecule has 0 saturated heterocycles. The van der Waals surface area contributed by atoms with Gasteiger partial charge in [0.1, 0.15) is 17.6 Å². The zero-order chi connectivity index (χ0) is 13.9. The molecule has 1 saturated carbocycles. The first-order valence-electron chi connectivity index (χ1n) is 7.19. The summed E-state index contributed by atoms with van der Waals surface area (Å²) in [5.41, 5.74) is 0. The lowest BCUT2D eigenvalue weighted by Crippen LogP contribution is -2.34. The molecule has 0 aromatic heterocycles. The van der Waals surface area contributed by atoms with E-state index in [0.29, 0.717) is 0 Å². The summed E-state index contributed by atoms with van der Waals surface area (Å²) in [5, 5.41) is 12.2. The van der Waals surface area contributed by atoms with Crippen molar-refractivity contribution in [2.75, 3.05) is 7.11 Å². The highest BCUT2D eigenvalue weighted by Gasteiger charge is 2.24. The van der Waals surface area contributed by atoms with Crippen LogP contribution in [0.25, 0.3) is 10.8 Å². The third kappa shape index (κ3) is 2.73. The third-order valence-corrected chi connectivity index (χ3v) is 3.97. The number of ether oxygens (including phenoxy) is 2. The van der Waals surface area contributed by atoms with Gasteiger partial charge in [-0.15, -0.1) is 0 Å². The first-order chi connectivity index (χ1) is 9.76. The molecule has 0 bridgehead atoms. The van der Waals surface area contributed by atoms with E-state index in [1.807, 2.05) is 36.4 Å². The molecule has 0 radical (unpaired) electrons. The van der Waals surface area contributed by atoms with Crippen molar-refractivity contribution in [2.24, 2.45) is 0 Å². The molecule has 20 heavy (non-hydrogen) atoms. The van der Waals surface area contributed by atoms with Crippen molar-refractivity contribution in [1.29, 1.82) is 0 Å². The number of hydrogen-bond donors (Lipinski definition) is 1. The van der Waals surface area contributed by atoms with E-state index in [1.165, 1.54) is 0 Å². The Morgan fingerprint density at radius 2 is 1.65 bits per heavy atom. The average molecular weight is 272 g/mol. The summed E-state index contributed by atoms with van der Waals surface area (Å²) in [6, 6.07) is 12.0. The van der Waals surface area contributed by atoms with Gasteiger partial charge in [-0.3, -0.25) is 0 Å². The second-order valence-electron chi connectivity index (χ2n) is 5.38. The Hall–Kier alpha value is -1.74. The highest BCUT2D eigenvalue weighted by atomic mass is 16.5. The smallest absolute Gasteiger partial charge is 0.124 e. The SMILES string of the molecule is COc1ccc2ccc(O[C@@H]3CCCC[C@H]3O)cc2c1. The van der Waals surface area contributed by atoms with Crippen LogP contribution >= 0.6 is 0 Å². The predicted octanol–water partition coefficient (Wildman–Crippen LogP) is 3.53. The fourth-order valence-corrected chi connectivity index (χ4v) is 2.79. The van der Waals surface area contributed by atoms with Crippen molar-refractivity contribution < 1.29 is 14.6 Å². The van der Waals surface area contributed by atoms with Gasteiger partial charge in [-0.1, -0.05) is 18.6 Å². The van der Waals surface area contributed by atoms with Crippen LogP contribution in [-0.4, -0.2) is 24.4 Å². The second kappa shape index (κ2) is 5.71. The van der Waals surface area contributed by atoms with E-state index in [-0.39, 0.29) is 12.2 Å². The van der Waals surface area contributed by atoms with Gasteiger partial charge >= 0.3 is 0 Å². The lowest BCUT2D eigenvalue weighted by atomic mass is 9.95. The maximum absolute atomic E-state index is 9.98. The first-order valence-corrected chi connectivity index (χ1v) is 7.19. The average Bonchev–Trinajstić information content (AvgIpc) is 2.49. The van der Waals surface area contributed by atoms with E-state index in [0.717, 1.165) is 48.0 Å². The van der Waals surface area contributed by atoms with E-state index < -0.39 is 0 Å². The normalized spacial score (nSPS) is 22.7. The minimum Gasteiger partial charge on any atom is -0.497 e. The van der Waals surface area contributed by atoms with Gasteiger partial charge in [-0.05, 0) is 54.3 Å². The summed E-state index contributed by atoms with van der Waals surface area (Å²) in [6.45, 7) is 0. The molecule has 1 aliphatic carbocycles. The van der Waals surface area contributed by atoms with Crippen LogP contribution in [0.5, 0.6) is 11.5 Å². The molecule has 3 rings (SSSR count). The molecule has 1 N–H and O–H groups in total. The molecule has 106 valence electrons. The summed E-state index contributed by atoms with van der Waals surface area (Å²) in [5.74, 6) is 1.66. The summed E-state index contributed by atoms with van der Waals surface area (Å²) < 4.78 is 11.2. The van der Waals surface area contributed by atoms with Crippen LogP contribution < -0.4 is 9.47 Å². The Kier molecular flexibility index (Phi) is 3.79. The Labute approximate surface area is 119 Å². The molecule has 1 fully saturated rings. The number of rotatable bonds is 3. The number of hydrogen-bond acceptors (Lipinski definition) is 3. The molecule has 0 spiro atoms. The van der Waals surface area contributed by atoms with E-state index >= 15 is 0 Å². The molecule has 1 aliphatic rings. The van der Waals surface area contributed by atoms with Gasteiger partial charge in [0, 0.05) is 0 Å². The number of aliphatic hydroxyl groups is 1. The minimum atomic E-state index is -0.343. The standard InChI is InChI=1S/C17H20O3/c1-19-14-8-6-12-7-9-15(11-13(12)10-14)20-17-5-3-2-4-16(17)18/h6-11,16-18H,2-5H2,1H3/t16-,17-/m1/s1. The fraction of sp³-hybridized carbons (Fsp3) is 0.412. The van der Waals surface area contributed by atoms with E-state index in [1.54, 1.807) is 7.11 Å². The number of aliphatic hydroxyl groups excluding tert-OH is 1. The van der Waals surface area contributed by atoms with Crippen molar-refractivity contribution in [3.05, 3.63) is 36.4 Å². The van der Waals surface area contributed by atoms with Crippen LogP contribution in [-0.2, 0) is 0 Å². The van der Waals surface area contributed by atoms with Crippen LogP contribution in [0.4, 0.5) is 0 Å². The van der Waals surface area contributed by atoms with E-state index in [4.69, 9.17) is 9.47 Å². The van der Waals surface area contributed by atoms with Gasteiger partial charge in [0.15, 0.2) is 0 Å². The third-order valence-electron chi connectivity index (χ3n) is 3.97. The lowest BCUT2D eigenvalue weighted by Gasteiger charge is -2.28. The Bertz CT molecular complexity index is 594. The van der Waals surface area contributed by atoms with Crippen LogP contribution in [0.3, 0.4) is 0 Å². The molecule has 0 unspecified atom stereocenters. The lowest BCUT2D eigenvalue weighted by molar-refractivity contribution is 0.00694. The van der Waals surface area contributed by atoms with E-state index in [2.05, 4.69) is 0 Å². The molecule has 2 atom stereocenters. The molecule has 3 nitrogen and oxygen atoms in total. The second-order valence-corrected chi connectivity index (χ2v) is 5.38. The molecule has 3 heteroatoms. The predicted molar refractivity (Wildman–Crippen MR) is 79.4 cm³/mol. The maximum Gasteiger partial charge on any atom is 0.124 e. The van der Waals surface area contributed by atoms with Crippen LogP contribution in [0, 0.1) is 0 Å². The Balaban J connectivity index is 1.84. The summed E-state index contributed by atoms with van der Waals surface area (Å²) in [7, 11) is 1.67. The molecule has 0 heterocycles. The Morgan fingerprint density at radius 3 is 2.40 bits per heavy atom. The van der Waals surface area contributed by atoms with Crippen molar-refractivity contribution in [1.82, 2.24) is 0 Å². The van der Waals surface area contributed by atoms with Gasteiger partial charge in [-0.25, -0.2) is 0 Å². The van der Waals surface area contributed by atoms with Gasteiger partial charge in [-0.2, -0.15) is 0 Å². The zero-order valence-corrected chi connectivity index (χ0v) is 11.7. The molecule has 0 aliphatic heterocycles. The number of benzene rings is 2. The quantitative estimate of drug-likeness (QED) is 0.929. The van der Waals surface area contributed by atoms with Crippen molar-refractivity contribution >= 4 is 10.8 Å². The summed E-state index contributed by atoms with van der Waals surface area (Å²) in [6.07, 6.45) is 3.57. The van der Waals surface area contributed by atoms with Gasteiger partial charge in [0.2, 0.25) is 0 Å². The highest BCUT2D eigenvalue weighted by molar-refractivity contribution is 5.85. The van der Waals surface area contributed by atoms with Crippen LogP contribution in [0.2, 0.25) is 0 Å². The monoisotopic (exact) mass is 272 g/mol. The molecular formula is C17H20O3. The molecule has 0 amide bonds. The van der Waals surface area contributed by atoms with Crippen molar-refractivity contribution in [3.8, 4) is 11.5 Å². The first kappa shape index (κ1) is 13.3. The summed E-state index contributed by atoms with van der Waals surface area (Å²) in [4.78, 5) is 0. The number of methoxy groups -OCH3 is 1. The minimum absolute atomic E-state index is 0.0770. The van der Waals surface area contributed by atoms with Gasteiger partial charge in [0.05, 0.1) is 13.2 Å².